The first-order chi connectivity index (χ1) is 9.47. The maximum absolute atomic E-state index is 12.2. The summed E-state index contributed by atoms with van der Waals surface area (Å²) < 4.78 is 1.78. The van der Waals surface area contributed by atoms with Crippen molar-refractivity contribution < 1.29 is 4.79 Å². The number of carbonyl (C=O) groups is 1. The molecule has 0 spiro atoms. The number of nitrogens with two attached hydrogens (primary N) is 1. The van der Waals surface area contributed by atoms with Gasteiger partial charge in [0.25, 0.3) is 5.91 Å². The molecule has 0 saturated heterocycles. The molecule has 0 aromatic heterocycles. The van der Waals surface area contributed by atoms with Crippen LogP contribution in [0.1, 0.15) is 28.9 Å². The molecular formula is C15H14Br2N2O. The van der Waals surface area contributed by atoms with Gasteiger partial charge in [-0.1, -0.05) is 28.1 Å². The van der Waals surface area contributed by atoms with Crippen LogP contribution in [0.3, 0.4) is 0 Å². The molecule has 2 rings (SSSR count). The van der Waals surface area contributed by atoms with Gasteiger partial charge in [0.2, 0.25) is 0 Å². The number of nitrogen functional groups attached to an aromatic ring is 1. The lowest BCUT2D eigenvalue weighted by Crippen LogP contribution is -2.26. The van der Waals surface area contributed by atoms with E-state index in [2.05, 4.69) is 37.2 Å². The zero-order valence-electron chi connectivity index (χ0n) is 10.9. The largest absolute Gasteiger partial charge is 0.398 e. The Bertz CT molecular complexity index is 644. The summed E-state index contributed by atoms with van der Waals surface area (Å²) in [5, 5.41) is 2.96. The summed E-state index contributed by atoms with van der Waals surface area (Å²) in [5.74, 6) is -0.142. The smallest absolute Gasteiger partial charge is 0.251 e. The van der Waals surface area contributed by atoms with E-state index in [1.54, 1.807) is 18.2 Å². The molecule has 5 heteroatoms. The van der Waals surface area contributed by atoms with Crippen molar-refractivity contribution >= 4 is 43.5 Å². The Morgan fingerprint density at radius 1 is 1.20 bits per heavy atom. The average Bonchev–Trinajstić information content (AvgIpc) is 2.41. The summed E-state index contributed by atoms with van der Waals surface area (Å²) in [7, 11) is 0. The zero-order valence-corrected chi connectivity index (χ0v) is 14.0. The highest BCUT2D eigenvalue weighted by Crippen LogP contribution is 2.21. The van der Waals surface area contributed by atoms with Crippen molar-refractivity contribution in [3.8, 4) is 0 Å². The molecular weight excluding hydrogens is 384 g/mol. The van der Waals surface area contributed by atoms with Gasteiger partial charge in [-0.25, -0.2) is 0 Å². The fraction of sp³-hybridized carbons (Fsp3) is 0.133. The summed E-state index contributed by atoms with van der Waals surface area (Å²) in [5.41, 5.74) is 7.92. The van der Waals surface area contributed by atoms with Gasteiger partial charge in [-0.05, 0) is 58.7 Å². The van der Waals surface area contributed by atoms with Crippen LogP contribution in [-0.4, -0.2) is 5.91 Å². The molecule has 0 radical (unpaired) electrons. The molecule has 104 valence electrons. The van der Waals surface area contributed by atoms with Crippen molar-refractivity contribution in [2.24, 2.45) is 0 Å². The van der Waals surface area contributed by atoms with E-state index < -0.39 is 0 Å². The summed E-state index contributed by atoms with van der Waals surface area (Å²) in [6.07, 6.45) is 0. The van der Waals surface area contributed by atoms with Gasteiger partial charge in [0.05, 0.1) is 6.04 Å². The van der Waals surface area contributed by atoms with Gasteiger partial charge in [0.15, 0.2) is 0 Å². The lowest BCUT2D eigenvalue weighted by molar-refractivity contribution is 0.0940. The predicted octanol–water partition coefficient (Wildman–Crippen LogP) is 4.28. The van der Waals surface area contributed by atoms with E-state index in [0.29, 0.717) is 11.3 Å². The summed E-state index contributed by atoms with van der Waals surface area (Å²) >= 11 is 6.74. The first-order valence-electron chi connectivity index (χ1n) is 6.08. The number of nitrogens with one attached hydrogen (secondary N) is 1. The van der Waals surface area contributed by atoms with E-state index in [9.17, 15) is 4.79 Å². The molecule has 0 unspecified atom stereocenters. The normalized spacial score (nSPS) is 11.9. The van der Waals surface area contributed by atoms with Crippen molar-refractivity contribution in [3.05, 3.63) is 62.5 Å². The van der Waals surface area contributed by atoms with Crippen LogP contribution < -0.4 is 11.1 Å². The monoisotopic (exact) mass is 396 g/mol. The third-order valence-corrected chi connectivity index (χ3v) is 4.17. The third kappa shape index (κ3) is 3.61. The van der Waals surface area contributed by atoms with Crippen LogP contribution in [0.2, 0.25) is 0 Å². The number of hydrogen-bond donors (Lipinski definition) is 2. The molecule has 20 heavy (non-hydrogen) atoms. The van der Waals surface area contributed by atoms with Crippen molar-refractivity contribution in [3.63, 3.8) is 0 Å². The first kappa shape index (κ1) is 15.1. The quantitative estimate of drug-likeness (QED) is 0.759. The Balaban J connectivity index is 2.13. The fourth-order valence-electron chi connectivity index (χ4n) is 1.82. The Morgan fingerprint density at radius 3 is 2.60 bits per heavy atom. The van der Waals surface area contributed by atoms with E-state index >= 15 is 0 Å². The average molecular weight is 398 g/mol. The minimum atomic E-state index is -0.142. The van der Waals surface area contributed by atoms with Gasteiger partial charge in [0.1, 0.15) is 0 Å². The number of benzene rings is 2. The Labute approximate surface area is 134 Å². The second-order valence-electron chi connectivity index (χ2n) is 4.49. The van der Waals surface area contributed by atoms with Gasteiger partial charge in [0, 0.05) is 20.2 Å². The molecule has 3 nitrogen and oxygen atoms in total. The SMILES string of the molecule is C[C@@H](NC(=O)c1ccc(Br)c(N)c1)c1cccc(Br)c1. The molecule has 0 saturated carbocycles. The number of rotatable bonds is 3. The summed E-state index contributed by atoms with van der Waals surface area (Å²) in [6, 6.07) is 13.0. The minimum absolute atomic E-state index is 0.0788. The maximum atomic E-state index is 12.2. The van der Waals surface area contributed by atoms with Crippen LogP contribution >= 0.6 is 31.9 Å². The van der Waals surface area contributed by atoms with Gasteiger partial charge in [-0.15, -0.1) is 0 Å². The van der Waals surface area contributed by atoms with Gasteiger partial charge in [-0.2, -0.15) is 0 Å². The second kappa shape index (κ2) is 6.41. The predicted molar refractivity (Wildman–Crippen MR) is 88.6 cm³/mol. The van der Waals surface area contributed by atoms with E-state index in [0.717, 1.165) is 14.5 Å². The van der Waals surface area contributed by atoms with Crippen molar-refractivity contribution in [2.75, 3.05) is 5.73 Å². The Kier molecular flexibility index (Phi) is 4.83. The molecule has 0 bridgehead atoms. The zero-order chi connectivity index (χ0) is 14.7. The summed E-state index contributed by atoms with van der Waals surface area (Å²) in [4.78, 5) is 12.2. The molecule has 0 fully saturated rings. The highest BCUT2D eigenvalue weighted by molar-refractivity contribution is 9.10. The standard InChI is InChI=1S/C15H14Br2N2O/c1-9(10-3-2-4-12(16)7-10)19-15(20)11-5-6-13(17)14(18)8-11/h2-9H,18H2,1H3,(H,19,20)/t9-/m1/s1. The van der Waals surface area contributed by atoms with Crippen LogP contribution in [0.15, 0.2) is 51.4 Å². The fourth-order valence-corrected chi connectivity index (χ4v) is 2.49. The summed E-state index contributed by atoms with van der Waals surface area (Å²) in [6.45, 7) is 1.95. The number of halogens is 2. The van der Waals surface area contributed by atoms with E-state index in [-0.39, 0.29) is 11.9 Å². The number of amides is 1. The Hall–Kier alpha value is -1.33. The van der Waals surface area contributed by atoms with Gasteiger partial charge >= 0.3 is 0 Å². The van der Waals surface area contributed by atoms with Gasteiger partial charge < -0.3 is 11.1 Å². The third-order valence-electron chi connectivity index (χ3n) is 2.95. The lowest BCUT2D eigenvalue weighted by atomic mass is 10.1. The lowest BCUT2D eigenvalue weighted by Gasteiger charge is -2.15. The molecule has 3 N–H and O–H groups in total. The van der Waals surface area contributed by atoms with E-state index in [4.69, 9.17) is 5.73 Å². The van der Waals surface area contributed by atoms with Crippen LogP contribution in [0.5, 0.6) is 0 Å². The van der Waals surface area contributed by atoms with Crippen LogP contribution in [0, 0.1) is 0 Å². The highest BCUT2D eigenvalue weighted by Gasteiger charge is 2.12. The molecule has 0 heterocycles. The molecule has 2 aromatic carbocycles. The molecule has 0 aliphatic rings. The van der Waals surface area contributed by atoms with E-state index in [1.165, 1.54) is 0 Å². The number of carbonyl (C=O) groups excluding carboxylic acids is 1. The van der Waals surface area contributed by atoms with Gasteiger partial charge in [-0.3, -0.25) is 4.79 Å². The topological polar surface area (TPSA) is 55.1 Å². The first-order valence-corrected chi connectivity index (χ1v) is 7.67. The Morgan fingerprint density at radius 2 is 1.95 bits per heavy atom. The number of hydrogen-bond acceptors (Lipinski definition) is 2. The van der Waals surface area contributed by atoms with Crippen molar-refractivity contribution in [1.29, 1.82) is 0 Å². The molecule has 2 aromatic rings. The number of anilines is 1. The van der Waals surface area contributed by atoms with Crippen LogP contribution in [0.4, 0.5) is 5.69 Å². The van der Waals surface area contributed by atoms with Crippen LogP contribution in [-0.2, 0) is 0 Å². The second-order valence-corrected chi connectivity index (χ2v) is 6.26. The highest BCUT2D eigenvalue weighted by atomic mass is 79.9. The molecule has 0 aliphatic carbocycles. The molecule has 1 amide bonds. The van der Waals surface area contributed by atoms with Crippen molar-refractivity contribution in [1.82, 2.24) is 5.32 Å². The van der Waals surface area contributed by atoms with Crippen molar-refractivity contribution in [2.45, 2.75) is 13.0 Å². The molecule has 0 aliphatic heterocycles. The minimum Gasteiger partial charge on any atom is -0.398 e. The van der Waals surface area contributed by atoms with E-state index in [1.807, 2.05) is 31.2 Å². The molecule has 1 atom stereocenters. The van der Waals surface area contributed by atoms with Crippen LogP contribution in [0.25, 0.3) is 0 Å². The maximum Gasteiger partial charge on any atom is 0.251 e.